The molecule has 0 aliphatic carbocycles. The summed E-state index contributed by atoms with van der Waals surface area (Å²) in [5, 5.41) is 20.5. The van der Waals surface area contributed by atoms with Crippen LogP contribution in [0.25, 0.3) is 11.0 Å². The summed E-state index contributed by atoms with van der Waals surface area (Å²) in [6, 6.07) is 14.5. The minimum atomic E-state index is -1.39. The van der Waals surface area contributed by atoms with Crippen LogP contribution >= 0.6 is 15.9 Å². The summed E-state index contributed by atoms with van der Waals surface area (Å²) < 4.78 is 29.2. The molecule has 0 saturated carbocycles. The van der Waals surface area contributed by atoms with Crippen LogP contribution in [0.1, 0.15) is 27.5 Å². The molecular weight excluding hydrogens is 574 g/mol. The number of carboxylic acids is 1. The zero-order valence-electron chi connectivity index (χ0n) is 20.9. The van der Waals surface area contributed by atoms with Crippen molar-refractivity contribution in [1.82, 2.24) is 14.5 Å². The van der Waals surface area contributed by atoms with Crippen LogP contribution in [-0.2, 0) is 7.05 Å². The molecule has 39 heavy (non-hydrogen) atoms. The van der Waals surface area contributed by atoms with E-state index in [0.717, 1.165) is 11.1 Å². The number of hydrogen-bond acceptors (Lipinski definition) is 6. The molecule has 1 aliphatic rings. The summed E-state index contributed by atoms with van der Waals surface area (Å²) in [7, 11) is 1.49. The zero-order chi connectivity index (χ0) is 27.8. The van der Waals surface area contributed by atoms with Crippen molar-refractivity contribution in [2.24, 2.45) is 7.05 Å². The van der Waals surface area contributed by atoms with Crippen LogP contribution < -0.4 is 10.5 Å². The second-order valence-corrected chi connectivity index (χ2v) is 10.2. The first-order valence-electron chi connectivity index (χ1n) is 12.2. The predicted octanol–water partition coefficient (Wildman–Crippen LogP) is 3.94. The summed E-state index contributed by atoms with van der Waals surface area (Å²) in [5.41, 5.74) is 1.40. The lowest BCUT2D eigenvalue weighted by Crippen LogP contribution is -2.56. The predicted molar refractivity (Wildman–Crippen MR) is 146 cm³/mol. The van der Waals surface area contributed by atoms with Gasteiger partial charge in [0.2, 0.25) is 0 Å². The molecule has 202 valence electrons. The van der Waals surface area contributed by atoms with E-state index in [2.05, 4.69) is 25.8 Å². The normalized spacial score (nSPS) is 16.3. The maximum atomic E-state index is 13.7. The number of rotatable bonds is 6. The van der Waals surface area contributed by atoms with E-state index < -0.39 is 23.1 Å². The van der Waals surface area contributed by atoms with E-state index in [1.165, 1.54) is 35.9 Å². The molecule has 1 fully saturated rings. The molecule has 5 rings (SSSR count). The highest BCUT2D eigenvalue weighted by molar-refractivity contribution is 9.10. The molecule has 2 N–H and O–H groups in total. The van der Waals surface area contributed by atoms with Crippen LogP contribution in [0.15, 0.2) is 70.1 Å². The van der Waals surface area contributed by atoms with Crippen LogP contribution in [0, 0.1) is 11.6 Å². The van der Waals surface area contributed by atoms with Crippen LogP contribution in [0.4, 0.5) is 14.5 Å². The second kappa shape index (κ2) is 10.8. The number of nitrogens with zero attached hydrogens (tertiary/aromatic N) is 4. The monoisotopic (exact) mass is 598 g/mol. The number of carbonyl (C=O) groups is 1. The number of aromatic carboxylic acids is 1. The molecule has 1 aliphatic heterocycles. The number of halogens is 3. The molecule has 0 unspecified atom stereocenters. The van der Waals surface area contributed by atoms with Crippen molar-refractivity contribution in [2.75, 3.05) is 31.1 Å². The highest BCUT2D eigenvalue weighted by Gasteiger charge is 2.36. The third kappa shape index (κ3) is 5.05. The van der Waals surface area contributed by atoms with Gasteiger partial charge in [-0.2, -0.15) is 0 Å². The number of pyridine rings is 2. The Balaban J connectivity index is 1.60. The average Bonchev–Trinajstić information content (AvgIpc) is 2.92. The zero-order valence-corrected chi connectivity index (χ0v) is 22.5. The molecule has 1 atom stereocenters. The third-order valence-corrected chi connectivity index (χ3v) is 7.59. The number of benzene rings is 2. The Morgan fingerprint density at radius 1 is 1.03 bits per heavy atom. The van der Waals surface area contributed by atoms with E-state index in [4.69, 9.17) is 0 Å². The topological polar surface area (TPSA) is 98.9 Å². The number of piperazine rings is 1. The van der Waals surface area contributed by atoms with Gasteiger partial charge in [0.25, 0.3) is 5.56 Å². The first-order chi connectivity index (χ1) is 18.7. The Morgan fingerprint density at radius 3 is 2.15 bits per heavy atom. The maximum absolute atomic E-state index is 13.7. The van der Waals surface area contributed by atoms with E-state index in [-0.39, 0.29) is 43.1 Å². The molecule has 0 amide bonds. The highest BCUT2D eigenvalue weighted by atomic mass is 79.9. The Bertz CT molecular complexity index is 1550. The molecule has 0 spiro atoms. The summed E-state index contributed by atoms with van der Waals surface area (Å²) in [5.74, 6) is -2.15. The number of anilines is 1. The van der Waals surface area contributed by atoms with Crippen molar-refractivity contribution in [3.63, 3.8) is 0 Å². The van der Waals surface area contributed by atoms with Crippen LogP contribution in [-0.4, -0.2) is 62.9 Å². The molecular formula is C28H25BrF2N4O4. The van der Waals surface area contributed by atoms with Crippen molar-refractivity contribution in [3.8, 4) is 0 Å². The van der Waals surface area contributed by atoms with Crippen molar-refractivity contribution in [3.05, 3.63) is 104 Å². The van der Waals surface area contributed by atoms with Gasteiger partial charge in [-0.3, -0.25) is 9.69 Å². The first-order valence-corrected chi connectivity index (χ1v) is 13.0. The molecule has 3 heterocycles. The van der Waals surface area contributed by atoms with E-state index in [0.29, 0.717) is 22.2 Å². The number of aliphatic hydroxyl groups is 1. The minimum absolute atomic E-state index is 0.153. The summed E-state index contributed by atoms with van der Waals surface area (Å²) >= 11 is 3.34. The van der Waals surface area contributed by atoms with Gasteiger partial charge in [-0.25, -0.2) is 18.6 Å². The van der Waals surface area contributed by atoms with Gasteiger partial charge < -0.3 is 19.7 Å². The number of fused-ring (bicyclic) bond motifs is 1. The van der Waals surface area contributed by atoms with Gasteiger partial charge in [0.1, 0.15) is 21.8 Å². The van der Waals surface area contributed by atoms with Crippen molar-refractivity contribution in [1.29, 1.82) is 0 Å². The fourth-order valence-electron chi connectivity index (χ4n) is 5.31. The third-order valence-electron chi connectivity index (χ3n) is 7.14. The van der Waals surface area contributed by atoms with Gasteiger partial charge in [0, 0.05) is 26.7 Å². The van der Waals surface area contributed by atoms with Gasteiger partial charge in [-0.05, 0) is 63.5 Å². The number of aliphatic hydroxyl groups excluding tert-OH is 1. The Hall–Kier alpha value is -3.67. The maximum Gasteiger partial charge on any atom is 0.343 e. The molecule has 2 aromatic carbocycles. The Morgan fingerprint density at radius 2 is 1.62 bits per heavy atom. The van der Waals surface area contributed by atoms with Crippen molar-refractivity contribution >= 4 is 38.6 Å². The number of carboxylic acid groups (broad SMARTS) is 1. The first kappa shape index (κ1) is 26.9. The number of hydrogen-bond donors (Lipinski definition) is 2. The van der Waals surface area contributed by atoms with E-state index in [1.54, 1.807) is 41.3 Å². The van der Waals surface area contributed by atoms with Crippen molar-refractivity contribution < 1.29 is 23.8 Å². The van der Waals surface area contributed by atoms with Gasteiger partial charge in [0.15, 0.2) is 5.56 Å². The Kier molecular flexibility index (Phi) is 7.48. The lowest BCUT2D eigenvalue weighted by molar-refractivity contribution is 0.0694. The second-order valence-electron chi connectivity index (χ2n) is 9.43. The fourth-order valence-corrected chi connectivity index (χ4v) is 5.62. The SMILES string of the molecule is Cn1c(=O)c(C(=O)O)c(N2CCN(C(c3ccc(F)cc3)c3ccc(F)cc3)C[C@@H]2CO)c2nc(Br)ccc21. The van der Waals surface area contributed by atoms with Gasteiger partial charge >= 0.3 is 5.97 Å². The Labute approximate surface area is 230 Å². The van der Waals surface area contributed by atoms with Crippen LogP contribution in [0.2, 0.25) is 0 Å². The fraction of sp³-hybridized carbons (Fsp3) is 0.250. The number of aryl methyl sites for hydroxylation is 1. The standard InChI is InChI=1S/C28H25BrF2N4O4/c1-33-21-10-11-22(29)32-24(21)26(23(27(33)37)28(38)39)35-13-12-34(14-20(35)15-36)25(16-2-6-18(30)7-3-16)17-4-8-19(31)9-5-17/h2-11,20,25,36H,12-15H2,1H3,(H,38,39)/t20-/m1/s1. The van der Waals surface area contributed by atoms with Gasteiger partial charge in [-0.1, -0.05) is 24.3 Å². The quantitative estimate of drug-likeness (QED) is 0.324. The van der Waals surface area contributed by atoms with E-state index in [1.807, 2.05) is 0 Å². The largest absolute Gasteiger partial charge is 0.477 e. The van der Waals surface area contributed by atoms with Gasteiger partial charge in [-0.15, -0.1) is 0 Å². The smallest absolute Gasteiger partial charge is 0.343 e. The highest BCUT2D eigenvalue weighted by Crippen LogP contribution is 2.35. The van der Waals surface area contributed by atoms with Crippen LogP contribution in [0.5, 0.6) is 0 Å². The lowest BCUT2D eigenvalue weighted by atomic mass is 9.95. The minimum Gasteiger partial charge on any atom is -0.477 e. The molecule has 8 nitrogen and oxygen atoms in total. The summed E-state index contributed by atoms with van der Waals surface area (Å²) in [6.45, 7) is 0.611. The molecule has 1 saturated heterocycles. The van der Waals surface area contributed by atoms with Crippen LogP contribution in [0.3, 0.4) is 0 Å². The van der Waals surface area contributed by atoms with Gasteiger partial charge in [0.05, 0.1) is 29.9 Å². The average molecular weight is 599 g/mol. The summed E-state index contributed by atoms with van der Waals surface area (Å²) in [4.78, 5) is 33.8. The summed E-state index contributed by atoms with van der Waals surface area (Å²) in [6.07, 6.45) is 0. The molecule has 11 heteroatoms. The van der Waals surface area contributed by atoms with E-state index >= 15 is 0 Å². The molecule has 0 radical (unpaired) electrons. The van der Waals surface area contributed by atoms with Crippen molar-refractivity contribution in [2.45, 2.75) is 12.1 Å². The molecule has 0 bridgehead atoms. The lowest BCUT2D eigenvalue weighted by Gasteiger charge is -2.45. The molecule has 2 aromatic heterocycles. The molecule has 4 aromatic rings. The van der Waals surface area contributed by atoms with E-state index in [9.17, 15) is 28.6 Å². The number of aromatic nitrogens is 2.